The fourth-order valence-electron chi connectivity index (χ4n) is 2.91. The molecular weight excluding hydrogens is 362 g/mol. The second-order valence-corrected chi connectivity index (χ2v) is 6.27. The standard InChI is InChI=1S/C20H25N3O5/c1-11-14(18(24)21-4)7-6-8-15(11)23-19(25)17-12(2)16(13(3)22-17)20(26)28-10-9-27-5/h6-8,22H,9-10H2,1-5H3,(H,21,24)(H,23,25). The maximum atomic E-state index is 12.8. The number of aromatic amines is 1. The van der Waals surface area contributed by atoms with Crippen molar-refractivity contribution in [2.45, 2.75) is 20.8 Å². The number of H-pyrrole nitrogens is 1. The Bertz CT molecular complexity index is 901. The van der Waals surface area contributed by atoms with Gasteiger partial charge in [-0.15, -0.1) is 0 Å². The number of anilines is 1. The number of esters is 1. The molecule has 0 unspecified atom stereocenters. The van der Waals surface area contributed by atoms with Crippen molar-refractivity contribution in [1.29, 1.82) is 0 Å². The monoisotopic (exact) mass is 387 g/mol. The average molecular weight is 387 g/mol. The Labute approximate surface area is 163 Å². The third-order valence-corrected chi connectivity index (χ3v) is 4.44. The van der Waals surface area contributed by atoms with E-state index in [0.29, 0.717) is 40.2 Å². The molecule has 1 aromatic heterocycles. The molecule has 0 bridgehead atoms. The number of hydrogen-bond acceptors (Lipinski definition) is 5. The molecule has 150 valence electrons. The summed E-state index contributed by atoms with van der Waals surface area (Å²) in [6, 6.07) is 5.09. The molecule has 2 aromatic rings. The second-order valence-electron chi connectivity index (χ2n) is 6.27. The lowest BCUT2D eigenvalue weighted by molar-refractivity contribution is 0.0386. The van der Waals surface area contributed by atoms with Crippen LogP contribution in [0.2, 0.25) is 0 Å². The largest absolute Gasteiger partial charge is 0.460 e. The number of benzene rings is 1. The van der Waals surface area contributed by atoms with Crippen LogP contribution in [-0.2, 0) is 9.47 Å². The number of aromatic nitrogens is 1. The number of methoxy groups -OCH3 is 1. The fourth-order valence-corrected chi connectivity index (χ4v) is 2.91. The topological polar surface area (TPSA) is 110 Å². The van der Waals surface area contributed by atoms with Crippen molar-refractivity contribution in [2.75, 3.05) is 32.7 Å². The molecule has 8 heteroatoms. The molecule has 1 aromatic carbocycles. The molecular formula is C20H25N3O5. The highest BCUT2D eigenvalue weighted by molar-refractivity contribution is 6.08. The maximum absolute atomic E-state index is 12.8. The summed E-state index contributed by atoms with van der Waals surface area (Å²) < 4.78 is 10.0. The van der Waals surface area contributed by atoms with Crippen molar-refractivity contribution >= 4 is 23.5 Å². The lowest BCUT2D eigenvalue weighted by Crippen LogP contribution is -2.20. The van der Waals surface area contributed by atoms with Crippen LogP contribution in [0.1, 0.15) is 48.0 Å². The van der Waals surface area contributed by atoms with Crippen molar-refractivity contribution in [3.63, 3.8) is 0 Å². The number of hydrogen-bond donors (Lipinski definition) is 3. The van der Waals surface area contributed by atoms with E-state index in [1.54, 1.807) is 46.0 Å². The summed E-state index contributed by atoms with van der Waals surface area (Å²) in [7, 11) is 3.07. The van der Waals surface area contributed by atoms with E-state index >= 15 is 0 Å². The van der Waals surface area contributed by atoms with Crippen molar-refractivity contribution in [3.8, 4) is 0 Å². The van der Waals surface area contributed by atoms with Gasteiger partial charge >= 0.3 is 5.97 Å². The first-order valence-electron chi connectivity index (χ1n) is 8.80. The zero-order valence-electron chi connectivity index (χ0n) is 16.7. The summed E-state index contributed by atoms with van der Waals surface area (Å²) in [6.07, 6.45) is 0. The lowest BCUT2D eigenvalue weighted by Gasteiger charge is -2.11. The molecule has 0 saturated carbocycles. The summed E-state index contributed by atoms with van der Waals surface area (Å²) in [6.45, 7) is 5.56. The predicted octanol–water partition coefficient (Wildman–Crippen LogP) is 2.36. The average Bonchev–Trinajstić information content (AvgIpc) is 2.97. The quantitative estimate of drug-likeness (QED) is 0.499. The van der Waals surface area contributed by atoms with Gasteiger partial charge in [-0.05, 0) is 44.0 Å². The molecule has 0 atom stereocenters. The third-order valence-electron chi connectivity index (χ3n) is 4.44. The number of amides is 2. The van der Waals surface area contributed by atoms with E-state index in [0.717, 1.165) is 0 Å². The van der Waals surface area contributed by atoms with Gasteiger partial charge in [0, 0.05) is 31.1 Å². The number of nitrogens with one attached hydrogen (secondary N) is 3. The SMILES string of the molecule is CNC(=O)c1cccc(NC(=O)c2[nH]c(C)c(C(=O)OCCOC)c2C)c1C. The number of carbonyl (C=O) groups excluding carboxylic acids is 3. The van der Waals surface area contributed by atoms with Crippen molar-refractivity contribution in [3.05, 3.63) is 51.8 Å². The fraction of sp³-hybridized carbons (Fsp3) is 0.350. The van der Waals surface area contributed by atoms with Gasteiger partial charge in [0.1, 0.15) is 12.3 Å². The first-order valence-corrected chi connectivity index (χ1v) is 8.80. The Morgan fingerprint density at radius 1 is 1.04 bits per heavy atom. The van der Waals surface area contributed by atoms with Crippen LogP contribution in [0.15, 0.2) is 18.2 Å². The number of ether oxygens (including phenoxy) is 2. The van der Waals surface area contributed by atoms with Gasteiger partial charge in [-0.25, -0.2) is 4.79 Å². The highest BCUT2D eigenvalue weighted by Crippen LogP contribution is 2.23. The van der Waals surface area contributed by atoms with E-state index in [1.165, 1.54) is 7.11 Å². The van der Waals surface area contributed by atoms with Gasteiger partial charge in [0.05, 0.1) is 12.2 Å². The Hall–Kier alpha value is -3.13. The number of carbonyl (C=O) groups is 3. The minimum atomic E-state index is -0.514. The molecule has 1 heterocycles. The second kappa shape index (κ2) is 9.18. The normalized spacial score (nSPS) is 10.5. The highest BCUT2D eigenvalue weighted by Gasteiger charge is 2.23. The Balaban J connectivity index is 2.26. The van der Waals surface area contributed by atoms with Crippen LogP contribution in [-0.4, -0.2) is 50.1 Å². The van der Waals surface area contributed by atoms with Gasteiger partial charge < -0.3 is 25.1 Å². The Morgan fingerprint density at radius 2 is 1.75 bits per heavy atom. The highest BCUT2D eigenvalue weighted by atomic mass is 16.6. The van der Waals surface area contributed by atoms with Crippen LogP contribution in [0.5, 0.6) is 0 Å². The van der Waals surface area contributed by atoms with E-state index in [2.05, 4.69) is 15.6 Å². The minimum absolute atomic E-state index is 0.131. The van der Waals surface area contributed by atoms with Crippen LogP contribution in [0.3, 0.4) is 0 Å². The maximum Gasteiger partial charge on any atom is 0.340 e. The zero-order valence-corrected chi connectivity index (χ0v) is 16.7. The van der Waals surface area contributed by atoms with E-state index in [-0.39, 0.29) is 18.2 Å². The first-order chi connectivity index (χ1) is 13.3. The van der Waals surface area contributed by atoms with Crippen molar-refractivity contribution in [2.24, 2.45) is 0 Å². The van der Waals surface area contributed by atoms with E-state index < -0.39 is 11.9 Å². The molecule has 0 aliphatic rings. The third kappa shape index (κ3) is 4.40. The Kier molecular flexibility index (Phi) is 6.94. The van der Waals surface area contributed by atoms with E-state index in [9.17, 15) is 14.4 Å². The molecule has 28 heavy (non-hydrogen) atoms. The molecule has 2 amide bonds. The van der Waals surface area contributed by atoms with E-state index in [4.69, 9.17) is 9.47 Å². The summed E-state index contributed by atoms with van der Waals surface area (Å²) >= 11 is 0. The molecule has 0 fully saturated rings. The molecule has 0 aliphatic heterocycles. The van der Waals surface area contributed by atoms with Gasteiger partial charge in [0.25, 0.3) is 11.8 Å². The molecule has 0 spiro atoms. The molecule has 2 rings (SSSR count). The molecule has 3 N–H and O–H groups in total. The molecule has 0 radical (unpaired) electrons. The Morgan fingerprint density at radius 3 is 2.39 bits per heavy atom. The molecule has 0 aliphatic carbocycles. The van der Waals surface area contributed by atoms with Gasteiger partial charge in [-0.1, -0.05) is 6.07 Å². The first kappa shape index (κ1) is 21.2. The van der Waals surface area contributed by atoms with Crippen molar-refractivity contribution < 1.29 is 23.9 Å². The molecule has 8 nitrogen and oxygen atoms in total. The summed E-state index contributed by atoms with van der Waals surface area (Å²) in [5.41, 5.74) is 3.27. The van der Waals surface area contributed by atoms with Gasteiger partial charge in [-0.2, -0.15) is 0 Å². The summed E-state index contributed by atoms with van der Waals surface area (Å²) in [5.74, 6) is -1.16. The number of rotatable bonds is 7. The van der Waals surface area contributed by atoms with Crippen LogP contribution < -0.4 is 10.6 Å². The minimum Gasteiger partial charge on any atom is -0.460 e. The van der Waals surface area contributed by atoms with Crippen LogP contribution in [0.4, 0.5) is 5.69 Å². The zero-order chi connectivity index (χ0) is 20.8. The van der Waals surface area contributed by atoms with Crippen LogP contribution in [0.25, 0.3) is 0 Å². The predicted molar refractivity (Wildman–Crippen MR) is 105 cm³/mol. The van der Waals surface area contributed by atoms with Crippen LogP contribution >= 0.6 is 0 Å². The lowest BCUT2D eigenvalue weighted by atomic mass is 10.1. The van der Waals surface area contributed by atoms with Gasteiger partial charge in [0.2, 0.25) is 0 Å². The molecule has 0 saturated heterocycles. The number of aryl methyl sites for hydroxylation is 1. The van der Waals surface area contributed by atoms with E-state index in [1.807, 2.05) is 0 Å². The van der Waals surface area contributed by atoms with Gasteiger partial charge in [0.15, 0.2) is 0 Å². The van der Waals surface area contributed by atoms with Crippen LogP contribution in [0, 0.1) is 20.8 Å². The summed E-state index contributed by atoms with van der Waals surface area (Å²) in [5, 5.41) is 5.37. The summed E-state index contributed by atoms with van der Waals surface area (Å²) in [4.78, 5) is 39.9. The van der Waals surface area contributed by atoms with Gasteiger partial charge in [-0.3, -0.25) is 9.59 Å². The smallest absolute Gasteiger partial charge is 0.340 e. The van der Waals surface area contributed by atoms with Crippen molar-refractivity contribution in [1.82, 2.24) is 10.3 Å².